The third-order valence-corrected chi connectivity index (χ3v) is 4.57. The van der Waals surface area contributed by atoms with E-state index in [1.54, 1.807) is 6.66 Å². The molecule has 4 nitrogen and oxygen atoms in total. The molecule has 0 aliphatic carbocycles. The zero-order valence-corrected chi connectivity index (χ0v) is 11.6. The summed E-state index contributed by atoms with van der Waals surface area (Å²) < 4.78 is 17.7. The maximum absolute atomic E-state index is 12.0. The molecule has 0 saturated carbocycles. The summed E-state index contributed by atoms with van der Waals surface area (Å²) in [6.07, 6.45) is 6.64. The lowest BCUT2D eigenvalue weighted by Gasteiger charge is -2.31. The number of hydrogen-bond donors (Lipinski definition) is 0. The molecule has 1 rings (SSSR count). The molecule has 1 aliphatic heterocycles. The van der Waals surface area contributed by atoms with Crippen LogP contribution in [0.1, 0.15) is 26.7 Å². The summed E-state index contributed by atoms with van der Waals surface area (Å²) in [6.45, 7) is 6.72. The molecule has 94 valence electrons. The Morgan fingerprint density at radius 1 is 1.38 bits per heavy atom. The predicted octanol–water partition coefficient (Wildman–Crippen LogP) is 2.73. The molecule has 2 atom stereocenters. The Balaban J connectivity index is 2.58. The molecule has 1 heterocycles. The summed E-state index contributed by atoms with van der Waals surface area (Å²) in [6, 6.07) is 0. The first kappa shape index (κ1) is 13.6. The van der Waals surface area contributed by atoms with Crippen LogP contribution in [0.4, 0.5) is 0 Å². The highest BCUT2D eigenvalue weighted by atomic mass is 31.2. The van der Waals surface area contributed by atoms with Crippen LogP contribution in [-0.4, -0.2) is 42.6 Å². The summed E-state index contributed by atoms with van der Waals surface area (Å²) >= 11 is 0. The molecule has 0 aromatic rings. The van der Waals surface area contributed by atoms with Gasteiger partial charge in [0.25, 0.3) is 0 Å². The van der Waals surface area contributed by atoms with Crippen molar-refractivity contribution in [2.45, 2.75) is 33.0 Å². The fourth-order valence-electron chi connectivity index (χ4n) is 1.51. The van der Waals surface area contributed by atoms with E-state index in [9.17, 15) is 4.57 Å². The normalized spacial score (nSPS) is 23.9. The molecule has 0 fully saturated rings. The monoisotopic (exact) mass is 246 g/mol. The highest BCUT2D eigenvalue weighted by molar-refractivity contribution is 7.58. The summed E-state index contributed by atoms with van der Waals surface area (Å²) in [5.41, 5.74) is 0. The third-order valence-electron chi connectivity index (χ3n) is 2.79. The van der Waals surface area contributed by atoms with Gasteiger partial charge in [0.15, 0.2) is 0 Å². The Morgan fingerprint density at radius 3 is 2.62 bits per heavy atom. The Labute approximate surface area is 98.7 Å². The van der Waals surface area contributed by atoms with Gasteiger partial charge < -0.3 is 9.80 Å². The second-order valence-corrected chi connectivity index (χ2v) is 7.19. The van der Waals surface area contributed by atoms with Crippen molar-refractivity contribution >= 4 is 7.37 Å². The standard InChI is InChI=1S/C11H23N2O2P/c1-5-7-8-13-10-9-12(3)11(13)15-16(4,14)6-2/h9-11H,5-8H2,1-4H3. The zero-order chi connectivity index (χ0) is 12.2. The van der Waals surface area contributed by atoms with Crippen LogP contribution in [0.25, 0.3) is 0 Å². The van der Waals surface area contributed by atoms with Crippen LogP contribution >= 0.6 is 7.37 Å². The smallest absolute Gasteiger partial charge is 0.215 e. The fraction of sp³-hybridized carbons (Fsp3) is 0.818. The molecule has 0 spiro atoms. The molecule has 1 aliphatic rings. The average molecular weight is 246 g/mol. The van der Waals surface area contributed by atoms with E-state index in [-0.39, 0.29) is 6.35 Å². The first-order valence-corrected chi connectivity index (χ1v) is 8.17. The van der Waals surface area contributed by atoms with Crippen LogP contribution in [0, 0.1) is 0 Å². The van der Waals surface area contributed by atoms with E-state index >= 15 is 0 Å². The largest absolute Gasteiger partial charge is 0.337 e. The lowest BCUT2D eigenvalue weighted by atomic mass is 10.3. The van der Waals surface area contributed by atoms with E-state index in [2.05, 4.69) is 11.8 Å². The molecule has 0 N–H and O–H groups in total. The summed E-state index contributed by atoms with van der Waals surface area (Å²) in [4.78, 5) is 4.07. The van der Waals surface area contributed by atoms with Gasteiger partial charge in [-0.1, -0.05) is 20.3 Å². The van der Waals surface area contributed by atoms with Crippen LogP contribution < -0.4 is 0 Å². The Bertz CT molecular complexity index is 294. The molecule has 0 aromatic heterocycles. The SMILES string of the molecule is CCCCN1C=CN(C)C1OP(C)(=O)CC. The van der Waals surface area contributed by atoms with Crippen molar-refractivity contribution in [1.82, 2.24) is 9.80 Å². The molecular weight excluding hydrogens is 223 g/mol. The number of hydrogen-bond acceptors (Lipinski definition) is 4. The predicted molar refractivity (Wildman–Crippen MR) is 67.5 cm³/mol. The molecule has 0 radical (unpaired) electrons. The third kappa shape index (κ3) is 3.53. The fourth-order valence-corrected chi connectivity index (χ4v) is 2.32. The minimum Gasteiger partial charge on any atom is -0.337 e. The molecule has 0 amide bonds. The molecule has 0 aromatic carbocycles. The van der Waals surface area contributed by atoms with Gasteiger partial charge in [0, 0.05) is 38.8 Å². The van der Waals surface area contributed by atoms with Crippen molar-refractivity contribution in [1.29, 1.82) is 0 Å². The van der Waals surface area contributed by atoms with Gasteiger partial charge in [-0.2, -0.15) is 0 Å². The van der Waals surface area contributed by atoms with Gasteiger partial charge >= 0.3 is 0 Å². The topological polar surface area (TPSA) is 32.8 Å². The number of nitrogens with zero attached hydrogens (tertiary/aromatic N) is 2. The van der Waals surface area contributed by atoms with E-state index in [1.807, 2.05) is 31.3 Å². The van der Waals surface area contributed by atoms with E-state index in [0.717, 1.165) is 19.4 Å². The Morgan fingerprint density at radius 2 is 2.06 bits per heavy atom. The van der Waals surface area contributed by atoms with E-state index < -0.39 is 7.37 Å². The van der Waals surface area contributed by atoms with Gasteiger partial charge in [-0.3, -0.25) is 9.09 Å². The maximum Gasteiger partial charge on any atom is 0.215 e. The van der Waals surface area contributed by atoms with E-state index in [1.165, 1.54) is 0 Å². The first-order chi connectivity index (χ1) is 7.50. The molecule has 16 heavy (non-hydrogen) atoms. The molecule has 5 heteroatoms. The van der Waals surface area contributed by atoms with Crippen LogP contribution in [-0.2, 0) is 9.09 Å². The van der Waals surface area contributed by atoms with Crippen LogP contribution in [0.2, 0.25) is 0 Å². The second kappa shape index (κ2) is 5.74. The van der Waals surface area contributed by atoms with Gasteiger partial charge in [0.2, 0.25) is 13.7 Å². The Hall–Kier alpha value is -0.470. The van der Waals surface area contributed by atoms with Gasteiger partial charge in [0.1, 0.15) is 0 Å². The first-order valence-electron chi connectivity index (χ1n) is 5.91. The van der Waals surface area contributed by atoms with Gasteiger partial charge in [-0.05, 0) is 6.42 Å². The maximum atomic E-state index is 12.0. The molecule has 0 saturated heterocycles. The average Bonchev–Trinajstić information content (AvgIpc) is 2.57. The lowest BCUT2D eigenvalue weighted by Crippen LogP contribution is -2.38. The molecule has 0 bridgehead atoms. The highest BCUT2D eigenvalue weighted by Gasteiger charge is 2.29. The summed E-state index contributed by atoms with van der Waals surface area (Å²) in [7, 11) is -0.506. The summed E-state index contributed by atoms with van der Waals surface area (Å²) in [5, 5.41) is 0. The van der Waals surface area contributed by atoms with Gasteiger partial charge in [-0.25, -0.2) is 0 Å². The van der Waals surface area contributed by atoms with Gasteiger partial charge in [-0.15, -0.1) is 0 Å². The molecular formula is C11H23N2O2P. The van der Waals surface area contributed by atoms with Crippen molar-refractivity contribution in [2.75, 3.05) is 26.4 Å². The van der Waals surface area contributed by atoms with Crippen LogP contribution in [0.5, 0.6) is 0 Å². The van der Waals surface area contributed by atoms with Crippen molar-refractivity contribution in [3.05, 3.63) is 12.4 Å². The highest BCUT2D eigenvalue weighted by Crippen LogP contribution is 2.44. The second-order valence-electron chi connectivity index (χ2n) is 4.32. The van der Waals surface area contributed by atoms with Crippen molar-refractivity contribution in [3.63, 3.8) is 0 Å². The number of unbranched alkanes of at least 4 members (excludes halogenated alkanes) is 1. The van der Waals surface area contributed by atoms with E-state index in [4.69, 9.17) is 4.52 Å². The minimum atomic E-state index is -2.45. The Kier molecular flexibility index (Phi) is 4.88. The zero-order valence-electron chi connectivity index (χ0n) is 10.7. The van der Waals surface area contributed by atoms with E-state index in [0.29, 0.717) is 6.16 Å². The lowest BCUT2D eigenvalue weighted by molar-refractivity contribution is -0.0112. The summed E-state index contributed by atoms with van der Waals surface area (Å²) in [5.74, 6) is 0. The van der Waals surface area contributed by atoms with Gasteiger partial charge in [0.05, 0.1) is 0 Å². The van der Waals surface area contributed by atoms with Crippen molar-refractivity contribution < 1.29 is 9.09 Å². The quantitative estimate of drug-likeness (QED) is 0.675. The van der Waals surface area contributed by atoms with Crippen molar-refractivity contribution in [3.8, 4) is 0 Å². The van der Waals surface area contributed by atoms with Crippen LogP contribution in [0.15, 0.2) is 12.4 Å². The van der Waals surface area contributed by atoms with Crippen LogP contribution in [0.3, 0.4) is 0 Å². The molecule has 2 unspecified atom stereocenters. The minimum absolute atomic E-state index is 0.192. The van der Waals surface area contributed by atoms with Crippen molar-refractivity contribution in [2.24, 2.45) is 0 Å². The number of rotatable bonds is 6.